The van der Waals surface area contributed by atoms with Crippen molar-refractivity contribution >= 4 is 60.0 Å². The third-order valence-corrected chi connectivity index (χ3v) is 7.97. The van der Waals surface area contributed by atoms with Gasteiger partial charge in [-0.25, -0.2) is 4.79 Å². The Balaban J connectivity index is 6.05. The van der Waals surface area contributed by atoms with E-state index in [1.165, 1.54) is 0 Å². The van der Waals surface area contributed by atoms with E-state index >= 15 is 0 Å². The summed E-state index contributed by atoms with van der Waals surface area (Å²) in [6.45, 7) is 2.51. The van der Waals surface area contributed by atoms with Crippen molar-refractivity contribution in [3.8, 4) is 0 Å². The van der Waals surface area contributed by atoms with Crippen LogP contribution in [0.2, 0.25) is 0 Å². The first-order chi connectivity index (χ1) is 24.1. The van der Waals surface area contributed by atoms with Crippen molar-refractivity contribution in [2.45, 2.75) is 114 Å². The van der Waals surface area contributed by atoms with Crippen molar-refractivity contribution in [3.05, 3.63) is 0 Å². The maximum Gasteiger partial charge on any atom is 0.326 e. The molecule has 0 aliphatic rings. The zero-order valence-corrected chi connectivity index (χ0v) is 30.1. The number of carbonyl (C=O) groups is 7. The topological polar surface area (TPSA) is 366 Å². The highest BCUT2D eigenvalue weighted by atomic mass is 32.1. The number of rotatable bonds is 28. The number of guanidine groups is 1. The molecule has 0 saturated carbocycles. The zero-order chi connectivity index (χ0) is 38.9. The first-order valence-electron chi connectivity index (χ1n) is 17.0. The molecular weight excluding hydrogens is 688 g/mol. The Morgan fingerprint density at radius 3 is 1.59 bits per heavy atom. The van der Waals surface area contributed by atoms with Crippen LogP contribution in [-0.2, 0) is 33.6 Å². The van der Waals surface area contributed by atoms with Gasteiger partial charge in [0, 0.05) is 18.7 Å². The number of carboxylic acids is 1. The zero-order valence-electron chi connectivity index (χ0n) is 29.2. The summed E-state index contributed by atoms with van der Waals surface area (Å²) >= 11 is 4.17. The first kappa shape index (κ1) is 46.8. The minimum Gasteiger partial charge on any atom is -0.480 e. The van der Waals surface area contributed by atoms with Crippen LogP contribution >= 0.6 is 12.6 Å². The molecule has 0 aliphatic carbocycles. The van der Waals surface area contributed by atoms with E-state index in [2.05, 4.69) is 44.5 Å². The van der Waals surface area contributed by atoms with Gasteiger partial charge in [0.15, 0.2) is 5.96 Å². The molecule has 20 nitrogen and oxygen atoms in total. The molecule has 0 aliphatic heterocycles. The van der Waals surface area contributed by atoms with Gasteiger partial charge in [0.05, 0.1) is 6.04 Å². The highest BCUT2D eigenvalue weighted by Crippen LogP contribution is 2.08. The van der Waals surface area contributed by atoms with E-state index in [-0.39, 0.29) is 69.7 Å². The minimum absolute atomic E-state index is 0.0179. The molecule has 18 N–H and O–H groups in total. The Morgan fingerprint density at radius 2 is 1.12 bits per heavy atom. The average molecular weight is 747 g/mol. The van der Waals surface area contributed by atoms with Gasteiger partial charge in [-0.05, 0) is 64.5 Å². The number of primary amides is 1. The second kappa shape index (κ2) is 26.6. The fraction of sp³-hybridized carbons (Fsp3) is 0.733. The average Bonchev–Trinajstić information content (AvgIpc) is 3.07. The monoisotopic (exact) mass is 746 g/mol. The van der Waals surface area contributed by atoms with Gasteiger partial charge in [-0.2, -0.15) is 12.6 Å². The lowest BCUT2D eigenvalue weighted by molar-refractivity contribution is -0.142. The molecule has 0 saturated heterocycles. The maximum atomic E-state index is 13.5. The van der Waals surface area contributed by atoms with E-state index in [0.717, 1.165) is 0 Å². The third kappa shape index (κ3) is 20.3. The SMILES string of the molecule is CCCC[C@H](NC(=O)[C@H](CCCNC(=N)N)NC(=O)[C@H](CCC(N)=O)NC(=O)[C@H](CS)NC(=O)[C@H](CCCCN)NC(=O)[C@@H](N)CCN)C(=O)O. The summed E-state index contributed by atoms with van der Waals surface area (Å²) in [5.74, 6) is -6.49. The summed E-state index contributed by atoms with van der Waals surface area (Å²) < 4.78 is 0. The first-order valence-corrected chi connectivity index (χ1v) is 17.6. The van der Waals surface area contributed by atoms with Crippen LogP contribution in [0, 0.1) is 5.41 Å². The van der Waals surface area contributed by atoms with Crippen LogP contribution in [-0.4, -0.2) is 114 Å². The van der Waals surface area contributed by atoms with E-state index in [9.17, 15) is 38.7 Å². The Labute approximate surface area is 303 Å². The molecule has 0 aromatic heterocycles. The van der Waals surface area contributed by atoms with Crippen molar-refractivity contribution in [1.82, 2.24) is 31.9 Å². The standard InChI is InChI=1S/C30H58N12O8S/c1-2-3-7-21(29(49)50)41-25(45)19(9-6-15-37-30(35)36)39-27(47)20(10-11-23(34)43)40-28(48)22(16-51)42-26(46)18(8-4-5-13-31)38-24(44)17(33)12-14-32/h17-22,51H,2-16,31-33H2,1H3,(H2,34,43)(H,38,44)(H,39,47)(H,40,48)(H,41,45)(H,42,46)(H,49,50)(H4,35,36,37)/t17-,18-,19-,20-,21-,22-/m0/s1. The quantitative estimate of drug-likeness (QED) is 0.0157. The van der Waals surface area contributed by atoms with Crippen molar-refractivity contribution < 1.29 is 38.7 Å². The molecule has 0 fully saturated rings. The second-order valence-corrected chi connectivity index (χ2v) is 12.3. The molecule has 292 valence electrons. The molecule has 0 unspecified atom stereocenters. The second-order valence-electron chi connectivity index (χ2n) is 11.9. The lowest BCUT2D eigenvalue weighted by Crippen LogP contribution is -2.59. The maximum absolute atomic E-state index is 13.5. The smallest absolute Gasteiger partial charge is 0.326 e. The number of aliphatic carboxylic acids is 1. The molecule has 21 heteroatoms. The number of carbonyl (C=O) groups excluding carboxylic acids is 6. The predicted molar refractivity (Wildman–Crippen MR) is 193 cm³/mol. The summed E-state index contributed by atoms with van der Waals surface area (Å²) in [5.41, 5.74) is 27.5. The normalized spacial score (nSPS) is 14.4. The number of hydrogen-bond acceptors (Lipinski definition) is 12. The number of thiol groups is 1. The Hall–Kier alpha value is -4.21. The van der Waals surface area contributed by atoms with Crippen molar-refractivity contribution in [3.63, 3.8) is 0 Å². The summed E-state index contributed by atoms with van der Waals surface area (Å²) in [5, 5.41) is 32.0. The van der Waals surface area contributed by atoms with Crippen LogP contribution < -0.4 is 60.6 Å². The van der Waals surface area contributed by atoms with Crippen LogP contribution in [0.3, 0.4) is 0 Å². The number of carboxylic acid groups (broad SMARTS) is 1. The fourth-order valence-electron chi connectivity index (χ4n) is 4.65. The Kier molecular flexibility index (Phi) is 24.4. The highest BCUT2D eigenvalue weighted by Gasteiger charge is 2.32. The predicted octanol–water partition coefficient (Wildman–Crippen LogP) is -4.05. The van der Waals surface area contributed by atoms with Gasteiger partial charge in [0.25, 0.3) is 0 Å². The molecular formula is C30H58N12O8S. The molecule has 0 rings (SSSR count). The van der Waals surface area contributed by atoms with Gasteiger partial charge in [-0.1, -0.05) is 19.8 Å². The molecule has 0 heterocycles. The van der Waals surface area contributed by atoms with E-state index in [4.69, 9.17) is 34.1 Å². The van der Waals surface area contributed by atoms with E-state index in [0.29, 0.717) is 32.2 Å². The van der Waals surface area contributed by atoms with Crippen LogP contribution in [0.4, 0.5) is 0 Å². The van der Waals surface area contributed by atoms with E-state index in [1.807, 2.05) is 6.92 Å². The number of nitrogens with one attached hydrogen (secondary N) is 7. The van der Waals surface area contributed by atoms with Gasteiger partial charge in [0.1, 0.15) is 30.2 Å². The number of amides is 6. The summed E-state index contributed by atoms with van der Waals surface area (Å²) in [4.78, 5) is 89.4. The minimum atomic E-state index is -1.43. The van der Waals surface area contributed by atoms with Crippen molar-refractivity contribution in [2.75, 3.05) is 25.4 Å². The van der Waals surface area contributed by atoms with Gasteiger partial charge in [0.2, 0.25) is 35.4 Å². The lowest BCUT2D eigenvalue weighted by Gasteiger charge is -2.27. The molecule has 0 aromatic carbocycles. The largest absolute Gasteiger partial charge is 0.480 e. The van der Waals surface area contributed by atoms with Gasteiger partial charge >= 0.3 is 5.97 Å². The Morgan fingerprint density at radius 1 is 0.647 bits per heavy atom. The van der Waals surface area contributed by atoms with Crippen LogP contribution in [0.1, 0.15) is 77.6 Å². The molecule has 0 bridgehead atoms. The molecule has 6 atom stereocenters. The molecule has 51 heavy (non-hydrogen) atoms. The molecule has 6 amide bonds. The summed E-state index contributed by atoms with van der Waals surface area (Å²) in [6.07, 6.45) is 2.31. The van der Waals surface area contributed by atoms with E-state index < -0.39 is 77.7 Å². The van der Waals surface area contributed by atoms with Crippen LogP contribution in [0.5, 0.6) is 0 Å². The Bertz CT molecular complexity index is 1160. The number of hydrogen-bond donors (Lipinski definition) is 14. The van der Waals surface area contributed by atoms with Crippen molar-refractivity contribution in [1.29, 1.82) is 5.41 Å². The summed E-state index contributed by atoms with van der Waals surface area (Å²) in [7, 11) is 0. The van der Waals surface area contributed by atoms with Gasteiger partial charge < -0.3 is 65.7 Å². The van der Waals surface area contributed by atoms with Gasteiger partial charge in [-0.15, -0.1) is 0 Å². The summed E-state index contributed by atoms with van der Waals surface area (Å²) in [6, 6.07) is -7.30. The van der Waals surface area contributed by atoms with Crippen LogP contribution in [0.25, 0.3) is 0 Å². The lowest BCUT2D eigenvalue weighted by atomic mass is 10.0. The third-order valence-electron chi connectivity index (χ3n) is 7.60. The highest BCUT2D eigenvalue weighted by molar-refractivity contribution is 7.80. The van der Waals surface area contributed by atoms with E-state index in [1.54, 1.807) is 0 Å². The van der Waals surface area contributed by atoms with Crippen molar-refractivity contribution in [2.24, 2.45) is 28.7 Å². The number of unbranched alkanes of at least 4 members (excludes halogenated alkanes) is 2. The van der Waals surface area contributed by atoms with Gasteiger partial charge in [-0.3, -0.25) is 34.2 Å². The molecule has 0 spiro atoms. The molecule has 0 radical (unpaired) electrons. The number of nitrogens with two attached hydrogens (primary N) is 5. The van der Waals surface area contributed by atoms with Crippen LogP contribution in [0.15, 0.2) is 0 Å². The fourth-order valence-corrected chi connectivity index (χ4v) is 4.91. The molecule has 0 aromatic rings.